The summed E-state index contributed by atoms with van der Waals surface area (Å²) < 4.78 is 44.4. The number of phenols is 1. The van der Waals surface area contributed by atoms with Crippen molar-refractivity contribution in [2.24, 2.45) is 23.7 Å². The fourth-order valence-corrected chi connectivity index (χ4v) is 9.20. The zero-order valence-corrected chi connectivity index (χ0v) is 37.3. The monoisotopic (exact) mass is 872 g/mol. The Kier molecular flexibility index (Phi) is 12.6. The van der Waals surface area contributed by atoms with Crippen molar-refractivity contribution in [1.29, 1.82) is 0 Å². The van der Waals surface area contributed by atoms with E-state index in [0.29, 0.717) is 0 Å². The molecule has 9 atom stereocenters. The van der Waals surface area contributed by atoms with Gasteiger partial charge < -0.3 is 48.5 Å². The molecule has 0 radical (unpaired) electrons. The number of nitrogens with one attached hydrogen (secondary N) is 1. The van der Waals surface area contributed by atoms with E-state index in [-0.39, 0.29) is 77.5 Å². The first-order valence-electron chi connectivity index (χ1n) is 21.2. The van der Waals surface area contributed by atoms with Gasteiger partial charge in [0.05, 0.1) is 54.5 Å². The molecule has 17 heteroatoms. The Morgan fingerprint density at radius 1 is 0.921 bits per heavy atom. The van der Waals surface area contributed by atoms with Gasteiger partial charge in [-0.3, -0.25) is 19.2 Å². The largest absolute Gasteiger partial charge is 0.507 e. The number of nitrogens with zero attached hydrogens (tertiary/aromatic N) is 3. The number of allylic oxidation sites excluding steroid dienone is 4. The Labute approximate surface area is 366 Å². The van der Waals surface area contributed by atoms with Gasteiger partial charge in [0.15, 0.2) is 5.79 Å². The minimum atomic E-state index is -2.07. The van der Waals surface area contributed by atoms with E-state index >= 15 is 0 Å². The second-order valence-corrected chi connectivity index (χ2v) is 17.4. The topological polar surface area (TPSA) is 203 Å². The first-order valence-corrected chi connectivity index (χ1v) is 21.2. The van der Waals surface area contributed by atoms with Crippen LogP contribution >= 0.6 is 0 Å². The van der Waals surface area contributed by atoms with Gasteiger partial charge in [-0.05, 0) is 33.8 Å². The fourth-order valence-electron chi connectivity index (χ4n) is 9.20. The predicted molar refractivity (Wildman–Crippen MR) is 225 cm³/mol. The second kappa shape index (κ2) is 17.5. The number of aromatic nitrogens is 2. The number of carbonyl (C=O) groups is 5. The Morgan fingerprint density at radius 3 is 2.29 bits per heavy atom. The van der Waals surface area contributed by atoms with Crippen molar-refractivity contribution in [3.63, 3.8) is 0 Å². The summed E-state index contributed by atoms with van der Waals surface area (Å²) >= 11 is 0. The number of aromatic hydroxyl groups is 1. The highest BCUT2D eigenvalue weighted by atomic mass is 16.7. The number of rotatable bonds is 3. The Balaban J connectivity index is 1.35. The summed E-state index contributed by atoms with van der Waals surface area (Å²) in [6.07, 6.45) is 9.16. The van der Waals surface area contributed by atoms with Gasteiger partial charge in [0.25, 0.3) is 11.7 Å². The molecule has 6 aliphatic rings. The number of phenolic OH excluding ortho intramolecular Hbond substituents is 1. The number of ketones is 3. The van der Waals surface area contributed by atoms with E-state index in [1.165, 1.54) is 50.5 Å². The molecule has 6 heterocycles. The Hall–Kier alpha value is -5.62. The van der Waals surface area contributed by atoms with Gasteiger partial charge in [-0.2, -0.15) is 0 Å². The van der Waals surface area contributed by atoms with Crippen LogP contribution in [-0.2, 0) is 33.2 Å². The number of amides is 1. The van der Waals surface area contributed by atoms with Crippen LogP contribution in [0.2, 0.25) is 0 Å². The van der Waals surface area contributed by atoms with Crippen LogP contribution < -0.4 is 10.1 Å². The highest BCUT2D eigenvalue weighted by molar-refractivity contribution is 6.32. The minimum Gasteiger partial charge on any atom is -0.507 e. The van der Waals surface area contributed by atoms with Crippen LogP contribution in [0.5, 0.6) is 11.5 Å². The number of methoxy groups -OCH3 is 1. The van der Waals surface area contributed by atoms with Gasteiger partial charge in [-0.1, -0.05) is 45.9 Å². The summed E-state index contributed by atoms with van der Waals surface area (Å²) in [5.74, 6) is -8.35. The van der Waals surface area contributed by atoms with E-state index in [0.717, 1.165) is 0 Å². The van der Waals surface area contributed by atoms with Crippen molar-refractivity contribution < 1.29 is 62.2 Å². The summed E-state index contributed by atoms with van der Waals surface area (Å²) in [5.41, 5.74) is -1.27. The molecule has 5 aliphatic heterocycles. The lowest BCUT2D eigenvalue weighted by Gasteiger charge is -2.50. The molecule has 1 aromatic carbocycles. The predicted octanol–water partition coefficient (Wildman–Crippen LogP) is 5.41. The maximum absolute atomic E-state index is 14.8. The van der Waals surface area contributed by atoms with Crippen LogP contribution in [0.4, 0.5) is 4.79 Å². The summed E-state index contributed by atoms with van der Waals surface area (Å²) in [6, 6.07) is 0. The van der Waals surface area contributed by atoms with Crippen LogP contribution in [0, 0.1) is 30.6 Å². The molecule has 0 unspecified atom stereocenters. The van der Waals surface area contributed by atoms with E-state index in [2.05, 4.69) is 10.3 Å². The van der Waals surface area contributed by atoms with Crippen LogP contribution in [0.1, 0.15) is 92.0 Å². The first-order chi connectivity index (χ1) is 29.8. The van der Waals surface area contributed by atoms with Crippen molar-refractivity contribution in [3.05, 3.63) is 88.5 Å². The molecule has 7 bridgehead atoms. The van der Waals surface area contributed by atoms with Gasteiger partial charge in [0, 0.05) is 74.3 Å². The number of hydrogen-bond donors (Lipinski definition) is 2. The lowest BCUT2D eigenvalue weighted by atomic mass is 9.77. The lowest BCUT2D eigenvalue weighted by Crippen LogP contribution is -2.56. The number of imidazole rings is 1. The standard InChI is InChI=1S/C46H56N4O13/c1-23-12-11-13-24(2)43(55)48-33-34(49-17-20-58-21-18-49)37(53)30-31(36(33)52)35(51)26(4)41-32(30)42(54)46(9,63-41)59-19-14-29(57-10)25(3)39(60-44(56)50-16-15-47-22-50)28(6)40-27(5)38(23)61-45(7,8)62-40/h11-16,19,22-23,25,27-29,38-40,51H,17-18,20-21H2,1-10H3,(H,48,55)/b12-11+,19-14+,24-13+/t23-,25+,27-,28+,29-,38+,39+,40-,46+/m1/s1. The van der Waals surface area contributed by atoms with Crippen molar-refractivity contribution in [2.75, 3.05) is 33.4 Å². The summed E-state index contributed by atoms with van der Waals surface area (Å²) in [5, 5.41) is 14.3. The van der Waals surface area contributed by atoms with Crippen molar-refractivity contribution in [3.8, 4) is 11.5 Å². The minimum absolute atomic E-state index is 0.0182. The molecule has 1 amide bonds. The molecule has 0 saturated carbocycles. The third kappa shape index (κ3) is 8.34. The fraction of sp³-hybridized carbons (Fsp3) is 0.522. The summed E-state index contributed by atoms with van der Waals surface area (Å²) in [4.78, 5) is 77.1. The van der Waals surface area contributed by atoms with Crippen molar-refractivity contribution >= 4 is 29.4 Å². The maximum atomic E-state index is 14.8. The van der Waals surface area contributed by atoms with E-state index in [9.17, 15) is 29.1 Å². The maximum Gasteiger partial charge on any atom is 0.419 e. The van der Waals surface area contributed by atoms with Gasteiger partial charge in [0.2, 0.25) is 11.6 Å². The third-order valence-corrected chi connectivity index (χ3v) is 12.7. The SMILES string of the molecule is CO[C@@H]1/C=C/O[C@@]2(C)Oc3c(C)c(O)c4c(c3C2=O)C(=O)C(N2CCOCC2)=C(NC(=O)/C(C)=C/C=C/[C@@H](C)[C@@H]2OC(C)(C)O[C@@H]([C@@H](C)[C@@H](OC(=O)n3ccnc3)[C@H]1C)[C@@H]2C)C4=O. The molecule has 2 N–H and O–H groups in total. The van der Waals surface area contributed by atoms with Crippen LogP contribution in [0.25, 0.3) is 0 Å². The van der Waals surface area contributed by atoms with Gasteiger partial charge in [0.1, 0.15) is 35.3 Å². The van der Waals surface area contributed by atoms with Crippen molar-refractivity contribution in [2.45, 2.75) is 98.3 Å². The van der Waals surface area contributed by atoms with Gasteiger partial charge in [-0.25, -0.2) is 14.3 Å². The number of Topliss-reactive ketones (excluding diaryl/α,β-unsaturated/α-hetero) is 3. The van der Waals surface area contributed by atoms with Crippen LogP contribution in [0.3, 0.4) is 0 Å². The number of morpholine rings is 1. The molecule has 63 heavy (non-hydrogen) atoms. The molecule has 338 valence electrons. The molecule has 2 saturated heterocycles. The zero-order chi connectivity index (χ0) is 45.7. The normalized spacial score (nSPS) is 33.2. The third-order valence-electron chi connectivity index (χ3n) is 12.7. The number of hydrogen-bond acceptors (Lipinski definition) is 15. The smallest absolute Gasteiger partial charge is 0.419 e. The lowest BCUT2D eigenvalue weighted by molar-refractivity contribution is -0.336. The molecule has 2 fully saturated rings. The Morgan fingerprint density at radius 2 is 1.62 bits per heavy atom. The van der Waals surface area contributed by atoms with Crippen LogP contribution in [0.15, 0.2) is 66.3 Å². The van der Waals surface area contributed by atoms with E-state index in [1.54, 1.807) is 30.1 Å². The van der Waals surface area contributed by atoms with E-state index in [4.69, 9.17) is 33.2 Å². The highest BCUT2D eigenvalue weighted by Crippen LogP contribution is 2.49. The van der Waals surface area contributed by atoms with Gasteiger partial charge in [-0.15, -0.1) is 0 Å². The van der Waals surface area contributed by atoms with Gasteiger partial charge >= 0.3 is 11.9 Å². The van der Waals surface area contributed by atoms with Crippen LogP contribution in [-0.4, -0.2) is 118 Å². The Bertz CT molecular complexity index is 2310. The quantitative estimate of drug-likeness (QED) is 0.396. The number of ether oxygens (including phenoxy) is 7. The summed E-state index contributed by atoms with van der Waals surface area (Å²) in [6.45, 7) is 16.7. The number of carbonyl (C=O) groups excluding carboxylic acids is 5. The molecular weight excluding hydrogens is 817 g/mol. The number of fused-ring (bicyclic) bond motifs is 10. The molecule has 2 aromatic rings. The average molecular weight is 873 g/mol. The van der Waals surface area contributed by atoms with E-state index < -0.39 is 88.5 Å². The molecule has 1 aromatic heterocycles. The second-order valence-electron chi connectivity index (χ2n) is 17.4. The molecule has 8 rings (SSSR count). The average Bonchev–Trinajstić information content (AvgIpc) is 3.89. The van der Waals surface area contributed by atoms with E-state index in [1.807, 2.05) is 47.6 Å². The molecule has 17 nitrogen and oxygen atoms in total. The zero-order valence-electron chi connectivity index (χ0n) is 37.3. The highest BCUT2D eigenvalue weighted by Gasteiger charge is 2.54. The first kappa shape index (κ1) is 45.4. The molecule has 1 aliphatic carbocycles. The van der Waals surface area contributed by atoms with Crippen molar-refractivity contribution in [1.82, 2.24) is 19.8 Å². The summed E-state index contributed by atoms with van der Waals surface area (Å²) in [7, 11) is 1.49. The molecule has 0 spiro atoms. The number of benzene rings is 1. The molecular formula is C46H56N4O13.